The quantitative estimate of drug-likeness (QED) is 0.618. The summed E-state index contributed by atoms with van der Waals surface area (Å²) < 4.78 is 64.4. The zero-order valence-corrected chi connectivity index (χ0v) is 18.2. The monoisotopic (exact) mass is 462 g/mol. The highest BCUT2D eigenvalue weighted by atomic mass is 35.5. The number of rotatable bonds is 7. The van der Waals surface area contributed by atoms with Crippen LogP contribution in [-0.2, 0) is 21.0 Å². The average molecular weight is 463 g/mol. The van der Waals surface area contributed by atoms with Crippen LogP contribution in [0.2, 0.25) is 5.02 Å². The van der Waals surface area contributed by atoms with E-state index < -0.39 is 32.7 Å². The number of amides is 1. The molecule has 0 saturated carbocycles. The maximum Gasteiger partial charge on any atom is 0.417 e. The van der Waals surface area contributed by atoms with Crippen molar-refractivity contribution < 1.29 is 26.4 Å². The summed E-state index contributed by atoms with van der Waals surface area (Å²) in [4.78, 5) is 12.1. The van der Waals surface area contributed by atoms with Gasteiger partial charge in [-0.05, 0) is 61.7 Å². The number of nitrogens with zero attached hydrogens (tertiary/aromatic N) is 1. The number of benzene rings is 2. The second-order valence-corrected chi connectivity index (χ2v) is 9.34. The van der Waals surface area contributed by atoms with Crippen molar-refractivity contribution in [3.63, 3.8) is 0 Å². The van der Waals surface area contributed by atoms with Gasteiger partial charge in [-0.3, -0.25) is 9.10 Å². The Labute approximate surface area is 178 Å². The number of carbonyl (C=O) groups is 1. The van der Waals surface area contributed by atoms with Gasteiger partial charge in [-0.2, -0.15) is 13.2 Å². The van der Waals surface area contributed by atoms with E-state index in [2.05, 4.69) is 5.32 Å². The third-order valence-electron chi connectivity index (χ3n) is 4.22. The Kier molecular flexibility index (Phi) is 7.41. The fraction of sp³-hybridized carbons (Fsp3) is 0.350. The number of sulfonamides is 1. The normalized spacial score (nSPS) is 12.0. The van der Waals surface area contributed by atoms with E-state index >= 15 is 0 Å². The number of nitrogens with one attached hydrogen (secondary N) is 1. The van der Waals surface area contributed by atoms with Crippen molar-refractivity contribution in [3.8, 4) is 0 Å². The number of alkyl halides is 3. The zero-order valence-electron chi connectivity index (χ0n) is 16.7. The molecule has 2 aromatic rings. The number of hydrogen-bond acceptors (Lipinski definition) is 3. The van der Waals surface area contributed by atoms with Crippen LogP contribution < -0.4 is 9.62 Å². The van der Waals surface area contributed by atoms with Gasteiger partial charge < -0.3 is 5.32 Å². The van der Waals surface area contributed by atoms with Gasteiger partial charge in [0.2, 0.25) is 15.9 Å². The van der Waals surface area contributed by atoms with Crippen molar-refractivity contribution >= 4 is 38.9 Å². The topological polar surface area (TPSA) is 66.5 Å². The van der Waals surface area contributed by atoms with Crippen molar-refractivity contribution in [2.75, 3.05) is 22.4 Å². The van der Waals surface area contributed by atoms with E-state index in [0.29, 0.717) is 5.69 Å². The molecule has 2 aromatic carbocycles. The summed E-state index contributed by atoms with van der Waals surface area (Å²) in [5.41, 5.74) is 1.23. The Morgan fingerprint density at radius 2 is 1.70 bits per heavy atom. The molecule has 10 heteroatoms. The van der Waals surface area contributed by atoms with Crippen LogP contribution in [0.3, 0.4) is 0 Å². The summed E-state index contributed by atoms with van der Waals surface area (Å²) in [6.07, 6.45) is -3.44. The minimum Gasteiger partial charge on any atom is -0.326 e. The Morgan fingerprint density at radius 3 is 2.23 bits per heavy atom. The third kappa shape index (κ3) is 6.63. The molecule has 0 bridgehead atoms. The lowest BCUT2D eigenvalue weighted by atomic mass is 10.1. The molecule has 0 aliphatic carbocycles. The standard InChI is InChI=1S/C20H22ClF3N2O3S/c1-13-9-14(2)11-16(10-13)26(30(3,28)29)8-4-5-19(27)25-15-6-7-18(21)17(12-15)20(22,23)24/h6-7,9-12H,4-5,8H2,1-3H3,(H,25,27). The second kappa shape index (κ2) is 9.26. The molecule has 0 fully saturated rings. The van der Waals surface area contributed by atoms with Gasteiger partial charge in [-0.15, -0.1) is 0 Å². The molecule has 0 radical (unpaired) electrons. The first-order valence-electron chi connectivity index (χ1n) is 9.00. The Balaban J connectivity index is 2.05. The minimum atomic E-state index is -4.64. The molecule has 1 N–H and O–H groups in total. The van der Waals surface area contributed by atoms with Crippen LogP contribution in [0.15, 0.2) is 36.4 Å². The fourth-order valence-corrected chi connectivity index (χ4v) is 4.18. The van der Waals surface area contributed by atoms with Gasteiger partial charge in [0.25, 0.3) is 0 Å². The highest BCUT2D eigenvalue weighted by Gasteiger charge is 2.33. The van der Waals surface area contributed by atoms with Crippen molar-refractivity contribution in [1.82, 2.24) is 0 Å². The van der Waals surface area contributed by atoms with E-state index in [1.807, 2.05) is 19.9 Å². The first kappa shape index (κ1) is 24.0. The summed E-state index contributed by atoms with van der Waals surface area (Å²) in [6.45, 7) is 3.76. The van der Waals surface area contributed by atoms with Gasteiger partial charge in [0.15, 0.2) is 0 Å². The van der Waals surface area contributed by atoms with Gasteiger partial charge in [0, 0.05) is 18.7 Å². The van der Waals surface area contributed by atoms with Crippen LogP contribution in [0.4, 0.5) is 24.5 Å². The molecule has 0 spiro atoms. The first-order valence-corrected chi connectivity index (χ1v) is 11.2. The van der Waals surface area contributed by atoms with E-state index in [4.69, 9.17) is 11.6 Å². The molecule has 0 unspecified atom stereocenters. The first-order chi connectivity index (χ1) is 13.8. The van der Waals surface area contributed by atoms with Gasteiger partial charge in [-0.25, -0.2) is 8.42 Å². The molecule has 1 amide bonds. The number of halogens is 4. The smallest absolute Gasteiger partial charge is 0.326 e. The highest BCUT2D eigenvalue weighted by molar-refractivity contribution is 7.92. The van der Waals surface area contributed by atoms with Gasteiger partial charge >= 0.3 is 6.18 Å². The fourth-order valence-electron chi connectivity index (χ4n) is 3.01. The molecule has 0 aliphatic rings. The molecule has 0 aliphatic heterocycles. The van der Waals surface area contributed by atoms with Crippen LogP contribution in [-0.4, -0.2) is 27.1 Å². The Hall–Kier alpha value is -2.26. The maximum absolute atomic E-state index is 12.9. The van der Waals surface area contributed by atoms with E-state index in [9.17, 15) is 26.4 Å². The molecule has 0 atom stereocenters. The zero-order chi connectivity index (χ0) is 22.7. The van der Waals surface area contributed by atoms with Crippen molar-refractivity contribution in [1.29, 1.82) is 0 Å². The molecule has 2 rings (SSSR count). The van der Waals surface area contributed by atoms with E-state index in [1.165, 1.54) is 10.4 Å². The van der Waals surface area contributed by atoms with Crippen molar-refractivity contribution in [3.05, 3.63) is 58.1 Å². The third-order valence-corrected chi connectivity index (χ3v) is 5.74. The van der Waals surface area contributed by atoms with Crippen LogP contribution in [0.1, 0.15) is 29.5 Å². The van der Waals surface area contributed by atoms with Crippen LogP contribution >= 0.6 is 11.6 Å². The molecule has 30 heavy (non-hydrogen) atoms. The van der Waals surface area contributed by atoms with Gasteiger partial charge in [0.05, 0.1) is 22.5 Å². The number of anilines is 2. The maximum atomic E-state index is 12.9. The summed E-state index contributed by atoms with van der Waals surface area (Å²) in [6, 6.07) is 8.48. The SMILES string of the molecule is Cc1cc(C)cc(N(CCCC(=O)Nc2ccc(Cl)c(C(F)(F)F)c2)S(C)(=O)=O)c1. The lowest BCUT2D eigenvalue weighted by molar-refractivity contribution is -0.137. The molecule has 0 saturated heterocycles. The Morgan fingerprint density at radius 1 is 1.10 bits per heavy atom. The van der Waals surface area contributed by atoms with E-state index in [-0.39, 0.29) is 25.1 Å². The average Bonchev–Trinajstić information content (AvgIpc) is 2.57. The predicted molar refractivity (Wildman–Crippen MR) is 112 cm³/mol. The van der Waals surface area contributed by atoms with Gasteiger partial charge in [-0.1, -0.05) is 17.7 Å². The molecular weight excluding hydrogens is 441 g/mol. The van der Waals surface area contributed by atoms with Crippen molar-refractivity contribution in [2.24, 2.45) is 0 Å². The van der Waals surface area contributed by atoms with E-state index in [0.717, 1.165) is 29.5 Å². The molecule has 0 aromatic heterocycles. The highest BCUT2D eigenvalue weighted by Crippen LogP contribution is 2.36. The Bertz CT molecular complexity index is 1020. The molecular formula is C20H22ClF3N2O3S. The lowest BCUT2D eigenvalue weighted by Crippen LogP contribution is -2.31. The number of hydrogen-bond donors (Lipinski definition) is 1. The van der Waals surface area contributed by atoms with Crippen LogP contribution in [0, 0.1) is 13.8 Å². The minimum absolute atomic E-state index is 0.0361. The predicted octanol–water partition coefficient (Wildman–Crippen LogP) is 5.16. The van der Waals surface area contributed by atoms with Crippen LogP contribution in [0.5, 0.6) is 0 Å². The molecule has 5 nitrogen and oxygen atoms in total. The summed E-state index contributed by atoms with van der Waals surface area (Å²) in [5.74, 6) is -0.528. The number of aryl methyl sites for hydroxylation is 2. The summed E-state index contributed by atoms with van der Waals surface area (Å²) in [7, 11) is -3.57. The van der Waals surface area contributed by atoms with Gasteiger partial charge in [0.1, 0.15) is 0 Å². The molecule has 164 valence electrons. The largest absolute Gasteiger partial charge is 0.417 e. The van der Waals surface area contributed by atoms with Crippen LogP contribution in [0.25, 0.3) is 0 Å². The summed E-state index contributed by atoms with van der Waals surface area (Å²) >= 11 is 5.56. The second-order valence-electron chi connectivity index (χ2n) is 7.03. The van der Waals surface area contributed by atoms with E-state index in [1.54, 1.807) is 12.1 Å². The lowest BCUT2D eigenvalue weighted by Gasteiger charge is -2.23. The van der Waals surface area contributed by atoms with Crippen molar-refractivity contribution in [2.45, 2.75) is 32.9 Å². The molecule has 0 heterocycles. The summed E-state index contributed by atoms with van der Waals surface area (Å²) in [5, 5.41) is 1.93. The number of carbonyl (C=O) groups excluding carboxylic acids is 1.